The van der Waals surface area contributed by atoms with Crippen molar-refractivity contribution in [3.63, 3.8) is 0 Å². The van der Waals surface area contributed by atoms with Crippen LogP contribution in [0.25, 0.3) is 0 Å². The molecule has 7 nitrogen and oxygen atoms in total. The number of carbonyl (C=O) groups excluding carboxylic acids is 3. The number of carbonyl (C=O) groups is 3. The van der Waals surface area contributed by atoms with E-state index >= 15 is 0 Å². The van der Waals surface area contributed by atoms with Crippen molar-refractivity contribution in [1.82, 2.24) is 15.5 Å². The Bertz CT molecular complexity index is 651. The van der Waals surface area contributed by atoms with E-state index in [4.69, 9.17) is 4.42 Å². The Kier molecular flexibility index (Phi) is 5.40. The first-order chi connectivity index (χ1) is 12.0. The van der Waals surface area contributed by atoms with Gasteiger partial charge in [-0.2, -0.15) is 0 Å². The van der Waals surface area contributed by atoms with Crippen molar-refractivity contribution in [3.05, 3.63) is 23.7 Å². The lowest BCUT2D eigenvalue weighted by Gasteiger charge is -2.32. The van der Waals surface area contributed by atoms with E-state index in [0.29, 0.717) is 30.3 Å². The largest absolute Gasteiger partial charge is 0.469 e. The lowest BCUT2D eigenvalue weighted by Crippen LogP contribution is -2.48. The zero-order valence-corrected chi connectivity index (χ0v) is 14.5. The van der Waals surface area contributed by atoms with Crippen LogP contribution in [0.4, 0.5) is 0 Å². The van der Waals surface area contributed by atoms with Gasteiger partial charge in [0.2, 0.25) is 11.8 Å². The summed E-state index contributed by atoms with van der Waals surface area (Å²) in [5.74, 6) is 0.581. The normalized spacial score (nSPS) is 20.2. The van der Waals surface area contributed by atoms with E-state index in [2.05, 4.69) is 10.6 Å². The predicted molar refractivity (Wildman–Crippen MR) is 90.8 cm³/mol. The summed E-state index contributed by atoms with van der Waals surface area (Å²) in [6.45, 7) is 3.44. The standard InChI is InChI=1S/C18H25N3O4/c1-12-15(6-8-25-12)18(24)20-10-16(22)21-7-2-3-14(11-21)17(23)19-9-13-4-5-13/h6,8,13-14H,2-5,7,9-11H2,1H3,(H,19,23)(H,20,24). The van der Waals surface area contributed by atoms with Crippen LogP contribution in [0.3, 0.4) is 0 Å². The van der Waals surface area contributed by atoms with E-state index in [0.717, 1.165) is 19.4 Å². The van der Waals surface area contributed by atoms with Crippen LogP contribution in [0.1, 0.15) is 41.8 Å². The van der Waals surface area contributed by atoms with E-state index in [9.17, 15) is 14.4 Å². The maximum atomic E-state index is 12.4. The maximum Gasteiger partial charge on any atom is 0.255 e. The van der Waals surface area contributed by atoms with Gasteiger partial charge in [-0.1, -0.05) is 0 Å². The summed E-state index contributed by atoms with van der Waals surface area (Å²) in [5.41, 5.74) is 0.434. The molecule has 0 aromatic carbocycles. The molecule has 3 rings (SSSR count). The number of hydrogen-bond donors (Lipinski definition) is 2. The third-order valence-corrected chi connectivity index (χ3v) is 4.91. The van der Waals surface area contributed by atoms with Gasteiger partial charge in [0.05, 0.1) is 24.3 Å². The fourth-order valence-electron chi connectivity index (χ4n) is 3.11. The number of rotatable bonds is 6. The zero-order chi connectivity index (χ0) is 17.8. The van der Waals surface area contributed by atoms with Gasteiger partial charge < -0.3 is 20.0 Å². The molecule has 1 saturated heterocycles. The van der Waals surface area contributed by atoms with Crippen molar-refractivity contribution in [2.24, 2.45) is 11.8 Å². The molecule has 0 radical (unpaired) electrons. The SMILES string of the molecule is Cc1occc1C(=O)NCC(=O)N1CCCC(C(=O)NCC2CC2)C1. The molecule has 1 aromatic heterocycles. The van der Waals surface area contributed by atoms with Gasteiger partial charge in [0, 0.05) is 19.6 Å². The molecule has 1 saturated carbocycles. The molecule has 2 N–H and O–H groups in total. The van der Waals surface area contributed by atoms with Crippen molar-refractivity contribution in [2.75, 3.05) is 26.2 Å². The summed E-state index contributed by atoms with van der Waals surface area (Å²) >= 11 is 0. The molecule has 3 amide bonds. The lowest BCUT2D eigenvalue weighted by molar-refractivity contribution is -0.134. The minimum atomic E-state index is -0.324. The van der Waals surface area contributed by atoms with Gasteiger partial charge in [0.25, 0.3) is 5.91 Å². The molecule has 1 aliphatic carbocycles. The van der Waals surface area contributed by atoms with Crippen LogP contribution >= 0.6 is 0 Å². The van der Waals surface area contributed by atoms with Crippen molar-refractivity contribution in [1.29, 1.82) is 0 Å². The molecule has 2 aliphatic rings. The van der Waals surface area contributed by atoms with Crippen LogP contribution < -0.4 is 10.6 Å². The summed E-state index contributed by atoms with van der Waals surface area (Å²) in [4.78, 5) is 38.3. The van der Waals surface area contributed by atoms with Crippen molar-refractivity contribution >= 4 is 17.7 Å². The molecule has 1 aromatic rings. The fraction of sp³-hybridized carbons (Fsp3) is 0.611. The topological polar surface area (TPSA) is 91.7 Å². The van der Waals surface area contributed by atoms with Crippen LogP contribution in [-0.2, 0) is 9.59 Å². The minimum absolute atomic E-state index is 0.0439. The highest BCUT2D eigenvalue weighted by Crippen LogP contribution is 2.28. The van der Waals surface area contributed by atoms with E-state index in [1.54, 1.807) is 17.9 Å². The highest BCUT2D eigenvalue weighted by Gasteiger charge is 2.30. The number of amides is 3. The summed E-state index contributed by atoms with van der Waals surface area (Å²) in [6.07, 6.45) is 5.46. The third-order valence-electron chi connectivity index (χ3n) is 4.91. The third kappa shape index (κ3) is 4.61. The first kappa shape index (κ1) is 17.5. The number of aryl methyl sites for hydroxylation is 1. The Morgan fingerprint density at radius 1 is 1.24 bits per heavy atom. The van der Waals surface area contributed by atoms with Crippen LogP contribution in [0.5, 0.6) is 0 Å². The van der Waals surface area contributed by atoms with Gasteiger partial charge in [-0.3, -0.25) is 14.4 Å². The van der Waals surface area contributed by atoms with Crippen LogP contribution in [-0.4, -0.2) is 48.8 Å². The smallest absolute Gasteiger partial charge is 0.255 e. The number of piperidine rings is 1. The molecule has 7 heteroatoms. The second-order valence-corrected chi connectivity index (χ2v) is 6.94. The molecule has 25 heavy (non-hydrogen) atoms. The monoisotopic (exact) mass is 347 g/mol. The van der Waals surface area contributed by atoms with Gasteiger partial charge in [-0.15, -0.1) is 0 Å². The van der Waals surface area contributed by atoms with E-state index < -0.39 is 0 Å². The Labute approximate surface area is 147 Å². The van der Waals surface area contributed by atoms with Gasteiger partial charge in [0.1, 0.15) is 5.76 Å². The van der Waals surface area contributed by atoms with Crippen molar-refractivity contribution < 1.29 is 18.8 Å². The highest BCUT2D eigenvalue weighted by atomic mass is 16.3. The summed E-state index contributed by atoms with van der Waals surface area (Å²) in [7, 11) is 0. The molecule has 1 atom stereocenters. The van der Waals surface area contributed by atoms with Crippen LogP contribution in [0, 0.1) is 18.8 Å². The number of likely N-dealkylation sites (tertiary alicyclic amines) is 1. The average molecular weight is 347 g/mol. The summed E-state index contributed by atoms with van der Waals surface area (Å²) in [6, 6.07) is 1.58. The Balaban J connectivity index is 1.45. The molecule has 1 unspecified atom stereocenters. The van der Waals surface area contributed by atoms with Gasteiger partial charge >= 0.3 is 0 Å². The number of nitrogens with one attached hydrogen (secondary N) is 2. The lowest BCUT2D eigenvalue weighted by atomic mass is 9.97. The molecular formula is C18H25N3O4. The van der Waals surface area contributed by atoms with E-state index in [-0.39, 0.29) is 30.2 Å². The van der Waals surface area contributed by atoms with Gasteiger partial charge in [-0.25, -0.2) is 0 Å². The summed E-state index contributed by atoms with van der Waals surface area (Å²) in [5, 5.41) is 5.62. The fourth-order valence-corrected chi connectivity index (χ4v) is 3.11. The maximum absolute atomic E-state index is 12.4. The van der Waals surface area contributed by atoms with Crippen molar-refractivity contribution in [2.45, 2.75) is 32.6 Å². The molecule has 2 heterocycles. The summed E-state index contributed by atoms with van der Waals surface area (Å²) < 4.78 is 5.09. The Morgan fingerprint density at radius 3 is 2.72 bits per heavy atom. The Hall–Kier alpha value is -2.31. The van der Waals surface area contributed by atoms with Crippen molar-refractivity contribution in [3.8, 4) is 0 Å². The molecule has 0 bridgehead atoms. The molecule has 0 spiro atoms. The van der Waals surface area contributed by atoms with Gasteiger partial charge in [0.15, 0.2) is 0 Å². The highest BCUT2D eigenvalue weighted by molar-refractivity contribution is 5.97. The van der Waals surface area contributed by atoms with Crippen LogP contribution in [0.2, 0.25) is 0 Å². The molecule has 136 valence electrons. The van der Waals surface area contributed by atoms with Crippen LogP contribution in [0.15, 0.2) is 16.7 Å². The number of hydrogen-bond acceptors (Lipinski definition) is 4. The van der Waals surface area contributed by atoms with E-state index in [1.165, 1.54) is 19.1 Å². The first-order valence-corrected chi connectivity index (χ1v) is 8.92. The zero-order valence-electron chi connectivity index (χ0n) is 14.5. The molecule has 2 fully saturated rings. The van der Waals surface area contributed by atoms with Gasteiger partial charge in [-0.05, 0) is 44.6 Å². The number of furan rings is 1. The second kappa shape index (κ2) is 7.72. The minimum Gasteiger partial charge on any atom is -0.469 e. The second-order valence-electron chi connectivity index (χ2n) is 6.94. The number of nitrogens with zero attached hydrogens (tertiary/aromatic N) is 1. The van der Waals surface area contributed by atoms with E-state index in [1.807, 2.05) is 0 Å². The molecule has 1 aliphatic heterocycles. The Morgan fingerprint density at radius 2 is 2.04 bits per heavy atom. The quantitative estimate of drug-likeness (QED) is 0.806. The molecular weight excluding hydrogens is 322 g/mol. The predicted octanol–water partition coefficient (Wildman–Crippen LogP) is 1.08. The first-order valence-electron chi connectivity index (χ1n) is 8.92. The average Bonchev–Trinajstić information content (AvgIpc) is 3.36.